The Morgan fingerprint density at radius 1 is 1.53 bits per heavy atom. The van der Waals surface area contributed by atoms with Gasteiger partial charge in [-0.3, -0.25) is 4.79 Å². The summed E-state index contributed by atoms with van der Waals surface area (Å²) < 4.78 is 5.21. The fourth-order valence-corrected chi connectivity index (χ4v) is 2.11. The van der Waals surface area contributed by atoms with E-state index in [0.717, 1.165) is 11.3 Å². The van der Waals surface area contributed by atoms with E-state index >= 15 is 0 Å². The van der Waals surface area contributed by atoms with Crippen molar-refractivity contribution in [3.63, 3.8) is 0 Å². The van der Waals surface area contributed by atoms with Crippen LogP contribution in [0.4, 0.5) is 5.69 Å². The Kier molecular flexibility index (Phi) is 4.50. The number of rotatable bonds is 4. The lowest BCUT2D eigenvalue weighted by molar-refractivity contribution is -0.118. The van der Waals surface area contributed by atoms with Crippen molar-refractivity contribution in [3.05, 3.63) is 29.8 Å². The Labute approximate surface area is 112 Å². The number of benzene rings is 1. The van der Waals surface area contributed by atoms with Crippen LogP contribution in [0.2, 0.25) is 0 Å². The van der Waals surface area contributed by atoms with Crippen LogP contribution in [-0.4, -0.2) is 31.7 Å². The number of ether oxygens (including phenoxy) is 1. The maximum atomic E-state index is 12.0. The molecule has 2 unspecified atom stereocenters. The molecule has 1 amide bonds. The van der Waals surface area contributed by atoms with Gasteiger partial charge in [0.05, 0.1) is 24.6 Å². The van der Waals surface area contributed by atoms with E-state index in [1.165, 1.54) is 0 Å². The Bertz CT molecular complexity index is 478. The first kappa shape index (κ1) is 13.5. The predicted molar refractivity (Wildman–Crippen MR) is 71.6 cm³/mol. The number of nitrogens with zero attached hydrogens (tertiary/aromatic N) is 1. The number of carbonyl (C=O) groups excluding carboxylic acids is 1. The van der Waals surface area contributed by atoms with E-state index < -0.39 is 0 Å². The molecule has 19 heavy (non-hydrogen) atoms. The normalized spacial score (nSPS) is 21.9. The van der Waals surface area contributed by atoms with Crippen molar-refractivity contribution in [1.29, 1.82) is 5.26 Å². The maximum Gasteiger partial charge on any atom is 0.241 e. The van der Waals surface area contributed by atoms with Crippen molar-refractivity contribution in [2.75, 3.05) is 19.0 Å². The third-order valence-corrected chi connectivity index (χ3v) is 3.24. The molecule has 1 aromatic carbocycles. The summed E-state index contributed by atoms with van der Waals surface area (Å²) in [5, 5.41) is 14.6. The van der Waals surface area contributed by atoms with Crippen LogP contribution in [0, 0.1) is 11.3 Å². The van der Waals surface area contributed by atoms with Crippen molar-refractivity contribution in [3.8, 4) is 6.07 Å². The summed E-state index contributed by atoms with van der Waals surface area (Å²) in [6.07, 6.45) is 1.18. The van der Waals surface area contributed by atoms with E-state index in [0.29, 0.717) is 19.4 Å². The molecule has 0 bridgehead atoms. The van der Waals surface area contributed by atoms with Gasteiger partial charge in [-0.25, -0.2) is 0 Å². The minimum absolute atomic E-state index is 0.0485. The van der Waals surface area contributed by atoms with Gasteiger partial charge in [-0.05, 0) is 24.1 Å². The molecule has 1 fully saturated rings. The van der Waals surface area contributed by atoms with Crippen LogP contribution in [0.15, 0.2) is 24.3 Å². The van der Waals surface area contributed by atoms with Gasteiger partial charge in [0.25, 0.3) is 0 Å². The van der Waals surface area contributed by atoms with Crippen LogP contribution < -0.4 is 10.6 Å². The molecule has 100 valence electrons. The second kappa shape index (κ2) is 6.32. The standard InChI is InChI=1S/C14H17N3O2/c1-19-12-8-13(16-9-12)14(18)17-11-4-2-10(3-5-11)6-7-15/h2-5,12-13,16H,6,8-9H2,1H3,(H,17,18). The molecule has 5 nitrogen and oxygen atoms in total. The number of amides is 1. The number of nitrogens with one attached hydrogen (secondary N) is 2. The quantitative estimate of drug-likeness (QED) is 0.848. The van der Waals surface area contributed by atoms with Crippen LogP contribution in [0.3, 0.4) is 0 Å². The first-order chi connectivity index (χ1) is 9.22. The highest BCUT2D eigenvalue weighted by atomic mass is 16.5. The summed E-state index contributed by atoms with van der Waals surface area (Å²) in [7, 11) is 1.65. The summed E-state index contributed by atoms with van der Waals surface area (Å²) in [5.74, 6) is -0.0485. The fourth-order valence-electron chi connectivity index (χ4n) is 2.11. The molecule has 2 N–H and O–H groups in total. The van der Waals surface area contributed by atoms with Gasteiger partial charge in [0.15, 0.2) is 0 Å². The molecule has 1 aromatic rings. The average Bonchev–Trinajstić information content (AvgIpc) is 2.90. The SMILES string of the molecule is COC1CNC(C(=O)Nc2ccc(CC#N)cc2)C1. The zero-order valence-electron chi connectivity index (χ0n) is 10.8. The van der Waals surface area contributed by atoms with E-state index in [-0.39, 0.29) is 18.1 Å². The highest BCUT2D eigenvalue weighted by Gasteiger charge is 2.29. The Balaban J connectivity index is 1.90. The fraction of sp³-hybridized carbons (Fsp3) is 0.429. The second-order valence-corrected chi connectivity index (χ2v) is 4.58. The number of anilines is 1. The van der Waals surface area contributed by atoms with E-state index in [2.05, 4.69) is 16.7 Å². The number of hydrogen-bond acceptors (Lipinski definition) is 4. The van der Waals surface area contributed by atoms with Crippen LogP contribution in [0.5, 0.6) is 0 Å². The van der Waals surface area contributed by atoms with Crippen molar-refractivity contribution in [2.45, 2.75) is 25.0 Å². The van der Waals surface area contributed by atoms with Gasteiger partial charge in [0.1, 0.15) is 0 Å². The first-order valence-electron chi connectivity index (χ1n) is 6.26. The molecule has 0 aliphatic carbocycles. The molecule has 0 radical (unpaired) electrons. The molecular formula is C14H17N3O2. The van der Waals surface area contributed by atoms with Gasteiger partial charge >= 0.3 is 0 Å². The zero-order chi connectivity index (χ0) is 13.7. The van der Waals surface area contributed by atoms with E-state index in [1.54, 1.807) is 7.11 Å². The van der Waals surface area contributed by atoms with Gasteiger partial charge in [-0.2, -0.15) is 5.26 Å². The van der Waals surface area contributed by atoms with Crippen LogP contribution in [-0.2, 0) is 16.0 Å². The van der Waals surface area contributed by atoms with Crippen molar-refractivity contribution in [2.24, 2.45) is 0 Å². The number of carbonyl (C=O) groups is 1. The molecule has 1 saturated heterocycles. The lowest BCUT2D eigenvalue weighted by atomic mass is 10.1. The van der Waals surface area contributed by atoms with Crippen molar-refractivity contribution >= 4 is 11.6 Å². The summed E-state index contributed by atoms with van der Waals surface area (Å²) >= 11 is 0. The molecule has 5 heteroatoms. The van der Waals surface area contributed by atoms with Crippen molar-refractivity contribution in [1.82, 2.24) is 5.32 Å². The average molecular weight is 259 g/mol. The Morgan fingerprint density at radius 2 is 2.26 bits per heavy atom. The van der Waals surface area contributed by atoms with E-state index in [9.17, 15) is 4.79 Å². The van der Waals surface area contributed by atoms with Gasteiger partial charge in [-0.15, -0.1) is 0 Å². The smallest absolute Gasteiger partial charge is 0.241 e. The summed E-state index contributed by atoms with van der Waals surface area (Å²) in [6, 6.07) is 9.20. The molecule has 2 atom stereocenters. The van der Waals surface area contributed by atoms with Crippen LogP contribution in [0.1, 0.15) is 12.0 Å². The zero-order valence-corrected chi connectivity index (χ0v) is 10.8. The Morgan fingerprint density at radius 3 is 2.84 bits per heavy atom. The monoisotopic (exact) mass is 259 g/mol. The molecular weight excluding hydrogens is 242 g/mol. The minimum atomic E-state index is -0.205. The van der Waals surface area contributed by atoms with Gasteiger partial charge in [0.2, 0.25) is 5.91 Å². The molecule has 0 spiro atoms. The number of nitriles is 1. The summed E-state index contributed by atoms with van der Waals surface area (Å²) in [6.45, 7) is 0.704. The molecule has 1 aliphatic rings. The first-order valence-corrected chi connectivity index (χ1v) is 6.26. The molecule has 1 aliphatic heterocycles. The number of methoxy groups -OCH3 is 1. The maximum absolute atomic E-state index is 12.0. The van der Waals surface area contributed by atoms with Gasteiger partial charge in [-0.1, -0.05) is 12.1 Å². The third kappa shape index (κ3) is 3.53. The highest BCUT2D eigenvalue weighted by molar-refractivity contribution is 5.95. The minimum Gasteiger partial charge on any atom is -0.380 e. The topological polar surface area (TPSA) is 74.2 Å². The lowest BCUT2D eigenvalue weighted by Gasteiger charge is -2.11. The Hall–Kier alpha value is -1.90. The molecule has 0 saturated carbocycles. The van der Waals surface area contributed by atoms with Crippen molar-refractivity contribution < 1.29 is 9.53 Å². The number of hydrogen-bond donors (Lipinski definition) is 2. The second-order valence-electron chi connectivity index (χ2n) is 4.58. The summed E-state index contributed by atoms with van der Waals surface area (Å²) in [5.41, 5.74) is 1.69. The lowest BCUT2D eigenvalue weighted by Crippen LogP contribution is -2.35. The van der Waals surface area contributed by atoms with Gasteiger partial charge < -0.3 is 15.4 Å². The molecule has 2 rings (SSSR count). The third-order valence-electron chi connectivity index (χ3n) is 3.24. The van der Waals surface area contributed by atoms with E-state index in [1.807, 2.05) is 24.3 Å². The van der Waals surface area contributed by atoms with E-state index in [4.69, 9.17) is 10.00 Å². The molecule has 0 aromatic heterocycles. The van der Waals surface area contributed by atoms with Crippen LogP contribution in [0.25, 0.3) is 0 Å². The van der Waals surface area contributed by atoms with Gasteiger partial charge in [0, 0.05) is 19.3 Å². The van der Waals surface area contributed by atoms with Crippen LogP contribution >= 0.6 is 0 Å². The highest BCUT2D eigenvalue weighted by Crippen LogP contribution is 2.14. The predicted octanol–water partition coefficient (Wildman–Crippen LogP) is 1.07. The summed E-state index contributed by atoms with van der Waals surface area (Å²) in [4.78, 5) is 12.0. The molecule has 1 heterocycles. The largest absolute Gasteiger partial charge is 0.380 e.